The molecule has 2 aromatic carbocycles. The van der Waals surface area contributed by atoms with E-state index in [1.807, 2.05) is 37.3 Å². The molecule has 0 radical (unpaired) electrons. The maximum absolute atomic E-state index is 12.5. The number of ketones is 2. The topological polar surface area (TPSA) is 81.7 Å². The van der Waals surface area contributed by atoms with Crippen LogP contribution in [0.4, 0.5) is 5.69 Å². The molecular weight excluding hydrogens is 358 g/mol. The van der Waals surface area contributed by atoms with Crippen molar-refractivity contribution in [3.05, 3.63) is 77.2 Å². The van der Waals surface area contributed by atoms with Gasteiger partial charge in [0.15, 0.2) is 18.3 Å². The van der Waals surface area contributed by atoms with Crippen LogP contribution in [0.2, 0.25) is 0 Å². The molecule has 3 rings (SSSR count). The average Bonchev–Trinajstić information content (AvgIpc) is 3.08. The Bertz CT molecular complexity index is 916. The first kappa shape index (κ1) is 19.4. The third kappa shape index (κ3) is 4.28. The molecule has 144 valence electrons. The van der Waals surface area contributed by atoms with E-state index in [0.29, 0.717) is 11.3 Å². The number of rotatable bonds is 7. The van der Waals surface area contributed by atoms with Crippen molar-refractivity contribution in [2.24, 2.45) is 0 Å². The summed E-state index contributed by atoms with van der Waals surface area (Å²) in [6, 6.07) is 16.1. The zero-order valence-electron chi connectivity index (χ0n) is 15.7. The highest BCUT2D eigenvalue weighted by Gasteiger charge is 2.34. The fourth-order valence-corrected chi connectivity index (χ4v) is 2.78. The van der Waals surface area contributed by atoms with Crippen molar-refractivity contribution in [3.63, 3.8) is 0 Å². The van der Waals surface area contributed by atoms with E-state index >= 15 is 0 Å². The number of nitrogens with one attached hydrogen (secondary N) is 1. The van der Waals surface area contributed by atoms with Crippen LogP contribution >= 0.6 is 0 Å². The van der Waals surface area contributed by atoms with Crippen molar-refractivity contribution in [2.45, 2.75) is 26.4 Å². The summed E-state index contributed by atoms with van der Waals surface area (Å²) in [5.74, 6) is -1.67. The molecule has 6 heteroatoms. The highest BCUT2D eigenvalue weighted by Crippen LogP contribution is 2.21. The Morgan fingerprint density at radius 3 is 2.43 bits per heavy atom. The molecule has 1 atom stereocenters. The second-order valence-electron chi connectivity index (χ2n) is 6.37. The van der Waals surface area contributed by atoms with E-state index in [1.54, 1.807) is 24.3 Å². The smallest absolute Gasteiger partial charge is 0.348 e. The Morgan fingerprint density at radius 2 is 1.79 bits per heavy atom. The number of carbonyl (C=O) groups excluding carboxylic acids is 3. The number of hydrogen-bond donors (Lipinski definition) is 1. The van der Waals surface area contributed by atoms with Gasteiger partial charge in [-0.1, -0.05) is 49.4 Å². The van der Waals surface area contributed by atoms with Crippen LogP contribution in [0.5, 0.6) is 0 Å². The lowest BCUT2D eigenvalue weighted by molar-refractivity contribution is -0.142. The molecule has 28 heavy (non-hydrogen) atoms. The quantitative estimate of drug-likeness (QED) is 0.452. The van der Waals surface area contributed by atoms with Gasteiger partial charge in [-0.15, -0.1) is 0 Å². The average molecular weight is 379 g/mol. The van der Waals surface area contributed by atoms with Crippen LogP contribution in [-0.4, -0.2) is 30.2 Å². The third-order valence-corrected chi connectivity index (χ3v) is 4.39. The summed E-state index contributed by atoms with van der Waals surface area (Å²) in [6.45, 7) is 3.26. The molecular formula is C22H21NO5. The van der Waals surface area contributed by atoms with Crippen molar-refractivity contribution in [3.8, 4) is 0 Å². The van der Waals surface area contributed by atoms with Gasteiger partial charge in [-0.05, 0) is 31.0 Å². The molecule has 0 spiro atoms. The highest BCUT2D eigenvalue weighted by atomic mass is 16.6. The molecule has 2 aromatic rings. The molecule has 0 unspecified atom stereocenters. The Morgan fingerprint density at radius 1 is 1.11 bits per heavy atom. The minimum Gasteiger partial charge on any atom is -0.470 e. The molecule has 0 bridgehead atoms. The Balaban J connectivity index is 1.73. The van der Waals surface area contributed by atoms with Gasteiger partial charge >= 0.3 is 5.97 Å². The van der Waals surface area contributed by atoms with Gasteiger partial charge in [0.2, 0.25) is 17.4 Å². The second-order valence-corrected chi connectivity index (χ2v) is 6.37. The van der Waals surface area contributed by atoms with E-state index < -0.39 is 17.9 Å². The fraction of sp³-hybridized carbons (Fsp3) is 0.227. The van der Waals surface area contributed by atoms with Crippen LogP contribution < -0.4 is 5.32 Å². The normalized spacial score (nSPS) is 14.4. The Labute approximate surface area is 163 Å². The standard InChI is InChI=1S/C22H21NO5/c1-3-15-9-11-16(12-10-15)20(25)14(2)28-22(26)19-18(24)13-27-21(19)23-17-7-5-4-6-8-17/h4-12,14,23H,3,13H2,1-2H3/t14-/m0/s1. The van der Waals surface area contributed by atoms with Crippen molar-refractivity contribution in [2.75, 3.05) is 11.9 Å². The zero-order chi connectivity index (χ0) is 20.1. The van der Waals surface area contributed by atoms with Gasteiger partial charge in [-0.3, -0.25) is 9.59 Å². The van der Waals surface area contributed by atoms with Crippen molar-refractivity contribution < 1.29 is 23.9 Å². The monoisotopic (exact) mass is 379 g/mol. The molecule has 0 amide bonds. The molecule has 0 saturated carbocycles. The third-order valence-electron chi connectivity index (χ3n) is 4.39. The molecule has 0 fully saturated rings. The number of hydrogen-bond acceptors (Lipinski definition) is 6. The minimum absolute atomic E-state index is 0.0353. The number of Topliss-reactive ketones (excluding diaryl/α,β-unsaturated/α-hetero) is 2. The van der Waals surface area contributed by atoms with E-state index in [2.05, 4.69) is 5.32 Å². The van der Waals surface area contributed by atoms with Crippen LogP contribution in [0.3, 0.4) is 0 Å². The number of ether oxygens (including phenoxy) is 2. The summed E-state index contributed by atoms with van der Waals surface area (Å²) in [6.07, 6.45) is -0.161. The predicted molar refractivity (Wildman–Crippen MR) is 104 cm³/mol. The van der Waals surface area contributed by atoms with Crippen LogP contribution in [-0.2, 0) is 25.5 Å². The number of benzene rings is 2. The van der Waals surface area contributed by atoms with Crippen molar-refractivity contribution in [1.29, 1.82) is 0 Å². The molecule has 1 heterocycles. The fourth-order valence-electron chi connectivity index (χ4n) is 2.78. The Kier molecular flexibility index (Phi) is 5.89. The van der Waals surface area contributed by atoms with Gasteiger partial charge in [0.1, 0.15) is 0 Å². The summed E-state index contributed by atoms with van der Waals surface area (Å²) in [5, 5.41) is 2.90. The highest BCUT2D eigenvalue weighted by molar-refractivity contribution is 6.20. The van der Waals surface area contributed by atoms with Crippen molar-refractivity contribution >= 4 is 23.2 Å². The van der Waals surface area contributed by atoms with Gasteiger partial charge in [0.25, 0.3) is 0 Å². The molecule has 0 aromatic heterocycles. The largest absolute Gasteiger partial charge is 0.470 e. The maximum Gasteiger partial charge on any atom is 0.348 e. The molecule has 1 aliphatic heterocycles. The van der Waals surface area contributed by atoms with E-state index in [1.165, 1.54) is 6.92 Å². The van der Waals surface area contributed by atoms with Crippen LogP contribution in [0.1, 0.15) is 29.8 Å². The molecule has 6 nitrogen and oxygen atoms in total. The lowest BCUT2D eigenvalue weighted by Crippen LogP contribution is -2.27. The van der Waals surface area contributed by atoms with E-state index in [-0.39, 0.29) is 23.8 Å². The second kappa shape index (κ2) is 8.52. The first-order chi connectivity index (χ1) is 13.5. The number of anilines is 1. The summed E-state index contributed by atoms with van der Waals surface area (Å²) >= 11 is 0. The lowest BCUT2D eigenvalue weighted by Gasteiger charge is -2.13. The molecule has 0 aliphatic carbocycles. The van der Waals surface area contributed by atoms with Crippen LogP contribution in [0, 0.1) is 0 Å². The van der Waals surface area contributed by atoms with Gasteiger partial charge in [-0.2, -0.15) is 0 Å². The maximum atomic E-state index is 12.5. The first-order valence-electron chi connectivity index (χ1n) is 9.06. The van der Waals surface area contributed by atoms with Crippen molar-refractivity contribution in [1.82, 2.24) is 0 Å². The molecule has 1 N–H and O–H groups in total. The molecule has 1 aliphatic rings. The number of carbonyl (C=O) groups is 3. The minimum atomic E-state index is -1.03. The Hall–Kier alpha value is -3.41. The number of aryl methyl sites for hydroxylation is 1. The first-order valence-corrected chi connectivity index (χ1v) is 9.06. The summed E-state index contributed by atoms with van der Waals surface area (Å²) in [5.41, 5.74) is 2.00. The summed E-state index contributed by atoms with van der Waals surface area (Å²) in [4.78, 5) is 37.2. The predicted octanol–water partition coefficient (Wildman–Crippen LogP) is 3.29. The zero-order valence-corrected chi connectivity index (χ0v) is 15.7. The summed E-state index contributed by atoms with van der Waals surface area (Å²) in [7, 11) is 0. The van der Waals surface area contributed by atoms with E-state index in [0.717, 1.165) is 12.0 Å². The number of esters is 1. The van der Waals surface area contributed by atoms with Gasteiger partial charge in [0.05, 0.1) is 0 Å². The van der Waals surface area contributed by atoms with Gasteiger partial charge < -0.3 is 14.8 Å². The van der Waals surface area contributed by atoms with Crippen LogP contribution in [0.15, 0.2) is 66.1 Å². The SMILES string of the molecule is CCc1ccc(C(=O)[C@H](C)OC(=O)C2=C(Nc3ccccc3)OCC2=O)cc1. The van der Waals surface area contributed by atoms with Gasteiger partial charge in [-0.25, -0.2) is 4.79 Å². The van der Waals surface area contributed by atoms with E-state index in [4.69, 9.17) is 9.47 Å². The lowest BCUT2D eigenvalue weighted by atomic mass is 10.0. The molecule has 0 saturated heterocycles. The summed E-state index contributed by atoms with van der Waals surface area (Å²) < 4.78 is 10.5. The van der Waals surface area contributed by atoms with Gasteiger partial charge in [0, 0.05) is 11.3 Å². The number of para-hydroxylation sites is 1. The van der Waals surface area contributed by atoms with E-state index in [9.17, 15) is 14.4 Å². The van der Waals surface area contributed by atoms with Crippen LogP contribution in [0.25, 0.3) is 0 Å².